The first-order valence-corrected chi connectivity index (χ1v) is 8.07. The van der Waals surface area contributed by atoms with Crippen molar-refractivity contribution in [3.63, 3.8) is 0 Å². The topological polar surface area (TPSA) is 34.2 Å². The predicted molar refractivity (Wildman–Crippen MR) is 82.8 cm³/mol. The lowest BCUT2D eigenvalue weighted by Crippen LogP contribution is -2.24. The Balaban J connectivity index is 1.93. The van der Waals surface area contributed by atoms with Crippen molar-refractivity contribution in [1.82, 2.24) is 10.3 Å². The summed E-state index contributed by atoms with van der Waals surface area (Å²) in [5, 5.41) is 3.26. The average molecular weight is 294 g/mol. The second kappa shape index (κ2) is 7.74. The number of rotatable bonds is 6. The second-order valence-electron chi connectivity index (χ2n) is 6.61. The number of hydrogen-bond donors (Lipinski definition) is 1. The van der Waals surface area contributed by atoms with Crippen molar-refractivity contribution in [3.05, 3.63) is 23.6 Å². The molecule has 0 amide bonds. The van der Waals surface area contributed by atoms with Gasteiger partial charge in [0, 0.05) is 18.3 Å². The molecule has 118 valence electrons. The standard InChI is InChI=1S/C17H27FN2O/c1-12(2)10-19-11-14-8-9-20-17(16(14)18)21-15-6-4-13(3)5-7-15/h8-9,12-13,15,19H,4-7,10-11H2,1-3H3. The minimum Gasteiger partial charge on any atom is -0.472 e. The highest BCUT2D eigenvalue weighted by Gasteiger charge is 2.22. The molecule has 0 unspecified atom stereocenters. The van der Waals surface area contributed by atoms with Crippen LogP contribution in [-0.4, -0.2) is 17.6 Å². The molecular formula is C17H27FN2O. The van der Waals surface area contributed by atoms with Gasteiger partial charge in [-0.3, -0.25) is 0 Å². The molecule has 0 aliphatic heterocycles. The largest absolute Gasteiger partial charge is 0.472 e. The van der Waals surface area contributed by atoms with Crippen LogP contribution >= 0.6 is 0 Å². The molecule has 0 spiro atoms. The van der Waals surface area contributed by atoms with Gasteiger partial charge in [-0.05, 0) is 50.1 Å². The van der Waals surface area contributed by atoms with E-state index in [2.05, 4.69) is 31.1 Å². The molecular weight excluding hydrogens is 267 g/mol. The summed E-state index contributed by atoms with van der Waals surface area (Å²) in [6.07, 6.45) is 6.05. The van der Waals surface area contributed by atoms with Gasteiger partial charge >= 0.3 is 0 Å². The molecule has 1 heterocycles. The quantitative estimate of drug-likeness (QED) is 0.863. The van der Waals surface area contributed by atoms with Gasteiger partial charge < -0.3 is 10.1 Å². The maximum Gasteiger partial charge on any atom is 0.250 e. The van der Waals surface area contributed by atoms with Crippen LogP contribution in [0, 0.1) is 17.7 Å². The monoisotopic (exact) mass is 294 g/mol. The van der Waals surface area contributed by atoms with E-state index in [-0.39, 0.29) is 17.8 Å². The van der Waals surface area contributed by atoms with Crippen LogP contribution in [0.4, 0.5) is 4.39 Å². The molecule has 21 heavy (non-hydrogen) atoms. The van der Waals surface area contributed by atoms with E-state index in [4.69, 9.17) is 4.74 Å². The summed E-state index contributed by atoms with van der Waals surface area (Å²) in [5.74, 6) is 1.16. The number of halogens is 1. The van der Waals surface area contributed by atoms with Gasteiger partial charge in [0.2, 0.25) is 0 Å². The van der Waals surface area contributed by atoms with Crippen molar-refractivity contribution in [2.24, 2.45) is 11.8 Å². The lowest BCUT2D eigenvalue weighted by Gasteiger charge is -2.26. The maximum atomic E-state index is 14.4. The molecule has 0 radical (unpaired) electrons. The third-order valence-electron chi connectivity index (χ3n) is 4.05. The SMILES string of the molecule is CC(C)CNCc1ccnc(OC2CCC(C)CC2)c1F. The van der Waals surface area contributed by atoms with E-state index in [9.17, 15) is 4.39 Å². The summed E-state index contributed by atoms with van der Waals surface area (Å²) in [4.78, 5) is 4.07. The van der Waals surface area contributed by atoms with E-state index in [0.717, 1.165) is 38.1 Å². The molecule has 1 fully saturated rings. The maximum absolute atomic E-state index is 14.4. The summed E-state index contributed by atoms with van der Waals surface area (Å²) in [7, 11) is 0. The molecule has 2 rings (SSSR count). The van der Waals surface area contributed by atoms with Gasteiger partial charge in [0.25, 0.3) is 5.88 Å². The smallest absolute Gasteiger partial charge is 0.250 e. The van der Waals surface area contributed by atoms with Crippen molar-refractivity contribution in [1.29, 1.82) is 0 Å². The van der Waals surface area contributed by atoms with E-state index in [0.29, 0.717) is 18.0 Å². The fraction of sp³-hybridized carbons (Fsp3) is 0.706. The third-order valence-corrected chi connectivity index (χ3v) is 4.05. The van der Waals surface area contributed by atoms with E-state index in [1.54, 1.807) is 12.3 Å². The highest BCUT2D eigenvalue weighted by molar-refractivity contribution is 5.23. The van der Waals surface area contributed by atoms with Crippen LogP contribution in [0.5, 0.6) is 5.88 Å². The lowest BCUT2D eigenvalue weighted by molar-refractivity contribution is 0.124. The van der Waals surface area contributed by atoms with Gasteiger partial charge in [-0.25, -0.2) is 9.37 Å². The number of ether oxygens (including phenoxy) is 1. The van der Waals surface area contributed by atoms with Crippen LogP contribution < -0.4 is 10.1 Å². The first-order valence-electron chi connectivity index (χ1n) is 8.07. The number of nitrogens with one attached hydrogen (secondary N) is 1. The molecule has 1 aliphatic carbocycles. The molecule has 4 heteroatoms. The molecule has 1 aromatic heterocycles. The van der Waals surface area contributed by atoms with Gasteiger partial charge in [-0.1, -0.05) is 20.8 Å². The Morgan fingerprint density at radius 1 is 1.33 bits per heavy atom. The Bertz CT molecular complexity index is 442. The zero-order chi connectivity index (χ0) is 15.2. The molecule has 1 aromatic rings. The highest BCUT2D eigenvalue weighted by atomic mass is 19.1. The summed E-state index contributed by atoms with van der Waals surface area (Å²) >= 11 is 0. The minimum absolute atomic E-state index is 0.113. The van der Waals surface area contributed by atoms with Crippen molar-refractivity contribution in [2.75, 3.05) is 6.54 Å². The summed E-state index contributed by atoms with van der Waals surface area (Å²) < 4.78 is 20.2. The number of aromatic nitrogens is 1. The summed E-state index contributed by atoms with van der Waals surface area (Å²) in [6.45, 7) is 7.92. The molecule has 0 atom stereocenters. The Kier molecular flexibility index (Phi) is 5.97. The van der Waals surface area contributed by atoms with Gasteiger partial charge in [0.1, 0.15) is 6.10 Å². The van der Waals surface area contributed by atoms with Crippen molar-refractivity contribution in [3.8, 4) is 5.88 Å². The van der Waals surface area contributed by atoms with Gasteiger partial charge in [-0.2, -0.15) is 0 Å². The molecule has 1 N–H and O–H groups in total. The van der Waals surface area contributed by atoms with Crippen LogP contribution in [0.2, 0.25) is 0 Å². The molecule has 3 nitrogen and oxygen atoms in total. The molecule has 0 saturated heterocycles. The fourth-order valence-corrected chi connectivity index (χ4v) is 2.68. The first-order chi connectivity index (χ1) is 10.1. The fourth-order valence-electron chi connectivity index (χ4n) is 2.68. The molecule has 0 bridgehead atoms. The Morgan fingerprint density at radius 3 is 2.71 bits per heavy atom. The van der Waals surface area contributed by atoms with Gasteiger partial charge in [0.15, 0.2) is 5.82 Å². The average Bonchev–Trinajstić information content (AvgIpc) is 2.45. The zero-order valence-corrected chi connectivity index (χ0v) is 13.4. The van der Waals surface area contributed by atoms with Crippen molar-refractivity contribution < 1.29 is 9.13 Å². The highest BCUT2D eigenvalue weighted by Crippen LogP contribution is 2.28. The summed E-state index contributed by atoms with van der Waals surface area (Å²) in [5.41, 5.74) is 0.629. The van der Waals surface area contributed by atoms with Crippen LogP contribution in [0.1, 0.15) is 52.0 Å². The lowest BCUT2D eigenvalue weighted by atomic mass is 9.89. The molecule has 1 saturated carbocycles. The normalized spacial score (nSPS) is 22.5. The number of nitrogens with zero attached hydrogens (tertiary/aromatic N) is 1. The third kappa shape index (κ3) is 4.95. The molecule has 0 aromatic carbocycles. The van der Waals surface area contributed by atoms with Crippen LogP contribution in [0.25, 0.3) is 0 Å². The van der Waals surface area contributed by atoms with Crippen LogP contribution in [-0.2, 0) is 6.54 Å². The summed E-state index contributed by atoms with van der Waals surface area (Å²) in [6, 6.07) is 1.72. The van der Waals surface area contributed by atoms with Crippen LogP contribution in [0.15, 0.2) is 12.3 Å². The van der Waals surface area contributed by atoms with E-state index >= 15 is 0 Å². The first kappa shape index (κ1) is 16.2. The van der Waals surface area contributed by atoms with E-state index in [1.807, 2.05) is 0 Å². The Labute approximate surface area is 127 Å². The molecule has 1 aliphatic rings. The number of pyridine rings is 1. The second-order valence-corrected chi connectivity index (χ2v) is 6.61. The van der Waals surface area contributed by atoms with Gasteiger partial charge in [-0.15, -0.1) is 0 Å². The Morgan fingerprint density at radius 2 is 2.05 bits per heavy atom. The van der Waals surface area contributed by atoms with Crippen LogP contribution in [0.3, 0.4) is 0 Å². The minimum atomic E-state index is -0.313. The Hall–Kier alpha value is -1.16. The van der Waals surface area contributed by atoms with E-state index < -0.39 is 0 Å². The van der Waals surface area contributed by atoms with Crippen molar-refractivity contribution in [2.45, 2.75) is 59.1 Å². The zero-order valence-electron chi connectivity index (χ0n) is 13.4. The van der Waals surface area contributed by atoms with Gasteiger partial charge in [0.05, 0.1) is 0 Å². The number of hydrogen-bond acceptors (Lipinski definition) is 3. The van der Waals surface area contributed by atoms with E-state index in [1.165, 1.54) is 0 Å². The van der Waals surface area contributed by atoms with Crippen molar-refractivity contribution >= 4 is 0 Å². The predicted octanol–water partition coefficient (Wildman–Crippen LogP) is 3.92.